The zero-order valence-corrected chi connectivity index (χ0v) is 12.8. The molecule has 1 atom stereocenters. The number of amides is 3. The Bertz CT molecular complexity index is 480. The van der Waals surface area contributed by atoms with E-state index in [1.54, 1.807) is 16.8 Å². The molecule has 0 radical (unpaired) electrons. The molecule has 0 spiro atoms. The molecule has 1 aromatic rings. The summed E-state index contributed by atoms with van der Waals surface area (Å²) < 4.78 is 5.63. The molecule has 1 fully saturated rings. The van der Waals surface area contributed by atoms with Crippen molar-refractivity contribution in [3.63, 3.8) is 0 Å². The Morgan fingerprint density at radius 1 is 1.62 bits per heavy atom. The number of thiophene rings is 1. The molecule has 0 aromatic carbocycles. The van der Waals surface area contributed by atoms with Crippen LogP contribution in [0.2, 0.25) is 0 Å². The Hall–Kier alpha value is -1.64. The summed E-state index contributed by atoms with van der Waals surface area (Å²) >= 11 is 1.53. The Morgan fingerprint density at radius 3 is 3.10 bits per heavy atom. The summed E-state index contributed by atoms with van der Waals surface area (Å²) in [7, 11) is 1.80. The molecule has 8 heteroatoms. The Kier molecular flexibility index (Phi) is 5.54. The van der Waals surface area contributed by atoms with Crippen molar-refractivity contribution in [2.45, 2.75) is 6.10 Å². The second kappa shape index (κ2) is 7.39. The van der Waals surface area contributed by atoms with E-state index in [1.165, 1.54) is 11.3 Å². The molecule has 2 rings (SSSR count). The molecule has 1 aromatic heterocycles. The lowest BCUT2D eigenvalue weighted by atomic mass is 10.2. The number of primary amides is 1. The maximum Gasteiger partial charge on any atom is 0.322 e. The summed E-state index contributed by atoms with van der Waals surface area (Å²) in [4.78, 5) is 26.5. The van der Waals surface area contributed by atoms with E-state index in [4.69, 9.17) is 10.5 Å². The Morgan fingerprint density at radius 2 is 2.43 bits per heavy atom. The second-order valence-corrected chi connectivity index (χ2v) is 5.82. The number of nitrogens with zero attached hydrogens (tertiary/aromatic N) is 2. The number of urea groups is 1. The number of carbonyl (C=O) groups excluding carboxylic acids is 2. The lowest BCUT2D eigenvalue weighted by molar-refractivity contribution is -0.119. The summed E-state index contributed by atoms with van der Waals surface area (Å²) in [5, 5.41) is 6.65. The van der Waals surface area contributed by atoms with Crippen LogP contribution in [-0.2, 0) is 9.53 Å². The van der Waals surface area contributed by atoms with Gasteiger partial charge in [0, 0.05) is 25.0 Å². The number of nitrogens with two attached hydrogens (primary N) is 1. The van der Waals surface area contributed by atoms with Gasteiger partial charge in [-0.2, -0.15) is 11.3 Å². The first-order valence-corrected chi connectivity index (χ1v) is 7.65. The van der Waals surface area contributed by atoms with Gasteiger partial charge < -0.3 is 20.7 Å². The lowest BCUT2D eigenvalue weighted by Gasteiger charge is -2.34. The van der Waals surface area contributed by atoms with Gasteiger partial charge in [-0.15, -0.1) is 0 Å². The maximum atomic E-state index is 12.2. The highest BCUT2D eigenvalue weighted by atomic mass is 32.1. The van der Waals surface area contributed by atoms with E-state index in [-0.39, 0.29) is 24.6 Å². The summed E-state index contributed by atoms with van der Waals surface area (Å²) in [6, 6.07) is 1.74. The molecule has 0 unspecified atom stereocenters. The van der Waals surface area contributed by atoms with Crippen LogP contribution in [0.3, 0.4) is 0 Å². The van der Waals surface area contributed by atoms with E-state index in [1.807, 2.05) is 16.8 Å². The highest BCUT2D eigenvalue weighted by Crippen LogP contribution is 2.14. The Balaban J connectivity index is 1.82. The molecule has 1 saturated heterocycles. The molecule has 3 amide bonds. The fourth-order valence-corrected chi connectivity index (χ4v) is 2.82. The molecule has 2 heterocycles. The van der Waals surface area contributed by atoms with Gasteiger partial charge in [0.2, 0.25) is 5.91 Å². The zero-order valence-electron chi connectivity index (χ0n) is 11.9. The van der Waals surface area contributed by atoms with Crippen LogP contribution in [0.15, 0.2) is 16.8 Å². The van der Waals surface area contributed by atoms with Gasteiger partial charge in [-0.25, -0.2) is 4.79 Å². The van der Waals surface area contributed by atoms with E-state index in [0.717, 1.165) is 5.69 Å². The summed E-state index contributed by atoms with van der Waals surface area (Å²) in [5.74, 6) is -0.375. The van der Waals surface area contributed by atoms with Gasteiger partial charge in [-0.05, 0) is 18.5 Å². The van der Waals surface area contributed by atoms with E-state index in [2.05, 4.69) is 5.32 Å². The number of nitrogens with one attached hydrogen (secondary N) is 1. The maximum absolute atomic E-state index is 12.2. The summed E-state index contributed by atoms with van der Waals surface area (Å²) in [6.07, 6.45) is -0.115. The van der Waals surface area contributed by atoms with Crippen molar-refractivity contribution in [1.29, 1.82) is 0 Å². The average molecular weight is 312 g/mol. The van der Waals surface area contributed by atoms with Crippen LogP contribution < -0.4 is 11.1 Å². The summed E-state index contributed by atoms with van der Waals surface area (Å²) in [5.41, 5.74) is 5.96. The zero-order chi connectivity index (χ0) is 15.2. The van der Waals surface area contributed by atoms with Crippen molar-refractivity contribution in [1.82, 2.24) is 9.80 Å². The monoisotopic (exact) mass is 312 g/mol. The van der Waals surface area contributed by atoms with Gasteiger partial charge >= 0.3 is 6.03 Å². The minimum Gasteiger partial charge on any atom is -0.373 e. The molecule has 0 bridgehead atoms. The van der Waals surface area contributed by atoms with Crippen molar-refractivity contribution < 1.29 is 14.3 Å². The smallest absolute Gasteiger partial charge is 0.322 e. The molecule has 3 N–H and O–H groups in total. The first-order valence-electron chi connectivity index (χ1n) is 6.71. The minimum absolute atomic E-state index is 0.115. The van der Waals surface area contributed by atoms with Crippen molar-refractivity contribution in [3.8, 4) is 0 Å². The van der Waals surface area contributed by atoms with E-state index >= 15 is 0 Å². The van der Waals surface area contributed by atoms with E-state index < -0.39 is 0 Å². The third-order valence-electron chi connectivity index (χ3n) is 3.14. The van der Waals surface area contributed by atoms with Gasteiger partial charge in [0.15, 0.2) is 0 Å². The van der Waals surface area contributed by atoms with Crippen LogP contribution in [0, 0.1) is 0 Å². The predicted octanol–water partition coefficient (Wildman–Crippen LogP) is 0.398. The molecule has 0 saturated carbocycles. The molecule has 1 aliphatic heterocycles. The van der Waals surface area contributed by atoms with Gasteiger partial charge in [0.05, 0.1) is 24.9 Å². The largest absolute Gasteiger partial charge is 0.373 e. The standard InChI is InChI=1S/C13H20N4O3S/c1-16(8-12(14)18)6-11-7-17(3-4-20-11)13(19)15-10-2-5-21-9-10/h2,5,9,11H,3-4,6-8H2,1H3,(H2,14,18)(H,15,19)/t11-/m0/s1. The third-order valence-corrected chi connectivity index (χ3v) is 3.82. The van der Waals surface area contributed by atoms with E-state index in [0.29, 0.717) is 26.2 Å². The number of morpholine rings is 1. The number of likely N-dealkylation sites (N-methyl/N-ethyl adjacent to an activating group) is 1. The topological polar surface area (TPSA) is 87.9 Å². The molecule has 1 aliphatic rings. The number of anilines is 1. The molecule has 116 valence electrons. The first-order chi connectivity index (χ1) is 10.0. The van der Waals surface area contributed by atoms with Crippen molar-refractivity contribution in [3.05, 3.63) is 16.8 Å². The van der Waals surface area contributed by atoms with Gasteiger partial charge in [-0.1, -0.05) is 0 Å². The number of hydrogen-bond donors (Lipinski definition) is 2. The van der Waals surface area contributed by atoms with Crippen LogP contribution in [0.5, 0.6) is 0 Å². The average Bonchev–Trinajstić information content (AvgIpc) is 2.90. The second-order valence-electron chi connectivity index (χ2n) is 5.04. The third kappa shape index (κ3) is 5.00. The lowest BCUT2D eigenvalue weighted by Crippen LogP contribution is -2.51. The van der Waals surface area contributed by atoms with Crippen molar-refractivity contribution >= 4 is 29.0 Å². The quantitative estimate of drug-likeness (QED) is 0.824. The van der Waals surface area contributed by atoms with Crippen LogP contribution in [-0.4, -0.2) is 67.7 Å². The number of carbonyl (C=O) groups is 2. The highest BCUT2D eigenvalue weighted by Gasteiger charge is 2.25. The molecule has 7 nitrogen and oxygen atoms in total. The SMILES string of the molecule is CN(CC(N)=O)C[C@H]1CN(C(=O)Nc2ccsc2)CCO1. The summed E-state index contributed by atoms with van der Waals surface area (Å²) in [6.45, 7) is 2.29. The molecule has 21 heavy (non-hydrogen) atoms. The van der Waals surface area contributed by atoms with Crippen LogP contribution >= 0.6 is 11.3 Å². The van der Waals surface area contributed by atoms with Gasteiger partial charge in [0.25, 0.3) is 0 Å². The predicted molar refractivity (Wildman–Crippen MR) is 81.3 cm³/mol. The molecular weight excluding hydrogens is 292 g/mol. The Labute approximate surface area is 127 Å². The van der Waals surface area contributed by atoms with Crippen molar-refractivity contribution in [2.75, 3.05) is 45.2 Å². The minimum atomic E-state index is -0.375. The molecular formula is C13H20N4O3S. The fourth-order valence-electron chi connectivity index (χ4n) is 2.23. The van der Waals surface area contributed by atoms with Crippen LogP contribution in [0.25, 0.3) is 0 Å². The number of rotatable bonds is 5. The highest BCUT2D eigenvalue weighted by molar-refractivity contribution is 7.08. The van der Waals surface area contributed by atoms with Gasteiger partial charge in [0.1, 0.15) is 0 Å². The fraction of sp³-hybridized carbons (Fsp3) is 0.538. The normalized spacial score (nSPS) is 18.8. The van der Waals surface area contributed by atoms with E-state index in [9.17, 15) is 9.59 Å². The van der Waals surface area contributed by atoms with Gasteiger partial charge in [-0.3, -0.25) is 9.69 Å². The number of ether oxygens (including phenoxy) is 1. The van der Waals surface area contributed by atoms with Crippen LogP contribution in [0.1, 0.15) is 0 Å². The first kappa shape index (κ1) is 15.7. The van der Waals surface area contributed by atoms with Crippen molar-refractivity contribution in [2.24, 2.45) is 5.73 Å². The number of hydrogen-bond acceptors (Lipinski definition) is 5. The molecule has 0 aliphatic carbocycles. The van der Waals surface area contributed by atoms with Crippen LogP contribution in [0.4, 0.5) is 10.5 Å².